The highest BCUT2D eigenvalue weighted by Crippen LogP contribution is 2.52. The molecule has 1 aromatic carbocycles. The summed E-state index contributed by atoms with van der Waals surface area (Å²) in [5.41, 5.74) is -6.82. The quantitative estimate of drug-likeness (QED) is 0.414. The maximum atomic E-state index is 13.1. The van der Waals surface area contributed by atoms with Gasteiger partial charge in [0.25, 0.3) is 0 Å². The van der Waals surface area contributed by atoms with E-state index in [0.717, 1.165) is 12.1 Å². The summed E-state index contributed by atoms with van der Waals surface area (Å²) in [6, 6.07) is 9.96. The first-order valence-electron chi connectivity index (χ1n) is 8.95. The maximum Gasteiger partial charge on any atom is 0.573 e. The number of nitriles is 6. The van der Waals surface area contributed by atoms with Gasteiger partial charge in [-0.15, -0.1) is 26.3 Å². The lowest BCUT2D eigenvalue weighted by Gasteiger charge is -2.12. The average molecular weight is 496 g/mol. The van der Waals surface area contributed by atoms with Crippen molar-refractivity contribution in [2.24, 2.45) is 0 Å². The topological polar surface area (TPSA) is 161 Å². The van der Waals surface area contributed by atoms with E-state index in [4.69, 9.17) is 0 Å². The number of rotatable bonds is 2. The summed E-state index contributed by atoms with van der Waals surface area (Å²) in [5.74, 6) is -2.44. The second-order valence-electron chi connectivity index (χ2n) is 6.62. The molecule has 0 bridgehead atoms. The largest absolute Gasteiger partial charge is 0.573 e. The zero-order chi connectivity index (χ0) is 27.0. The van der Waals surface area contributed by atoms with E-state index in [9.17, 15) is 57.9 Å². The Bertz CT molecular complexity index is 1460. The number of ether oxygens (including phenoxy) is 2. The van der Waals surface area contributed by atoms with Gasteiger partial charge in [-0.2, -0.15) is 31.6 Å². The molecule has 0 heterocycles. The van der Waals surface area contributed by atoms with Crippen LogP contribution < -0.4 is 0 Å². The van der Waals surface area contributed by atoms with Crippen LogP contribution in [0, 0.1) is 68.0 Å². The number of halogens is 6. The van der Waals surface area contributed by atoms with Crippen molar-refractivity contribution in [3.63, 3.8) is 0 Å². The molecule has 174 valence electrons. The van der Waals surface area contributed by atoms with E-state index >= 15 is 0 Å². The lowest BCUT2D eigenvalue weighted by atomic mass is 9.92. The van der Waals surface area contributed by atoms with Gasteiger partial charge in [0.2, 0.25) is 0 Å². The van der Waals surface area contributed by atoms with Gasteiger partial charge < -0.3 is 9.47 Å². The van der Waals surface area contributed by atoms with Gasteiger partial charge in [-0.1, -0.05) is 0 Å². The number of fused-ring (bicyclic) bond motifs is 2. The molecule has 0 atom stereocenters. The Morgan fingerprint density at radius 2 is 0.861 bits per heavy atom. The van der Waals surface area contributed by atoms with Gasteiger partial charge in [0.05, 0.1) is 11.1 Å². The molecule has 3 rings (SSSR count). The minimum atomic E-state index is -5.38. The first-order valence-corrected chi connectivity index (χ1v) is 8.95. The maximum absolute atomic E-state index is 13.1. The third-order valence-corrected chi connectivity index (χ3v) is 4.75. The standard InChI is InChI=1S/C22H2F6N6O2/c23-21(24,25)35-19-15(7-33)11-1-13-12(2-14(11)18(19)10(5-31)6-32)16(8-34)20(36-22(26,27)28)17(13)9(3-29)4-30/h1-2H. The van der Waals surface area contributed by atoms with Crippen molar-refractivity contribution in [1.29, 1.82) is 31.6 Å². The Morgan fingerprint density at radius 3 is 1.08 bits per heavy atom. The first-order chi connectivity index (χ1) is 16.8. The highest BCUT2D eigenvalue weighted by atomic mass is 19.4. The van der Waals surface area contributed by atoms with E-state index in [-0.39, 0.29) is 0 Å². The summed E-state index contributed by atoms with van der Waals surface area (Å²) < 4.78 is 86.4. The third-order valence-electron chi connectivity index (χ3n) is 4.75. The van der Waals surface area contributed by atoms with E-state index in [1.807, 2.05) is 0 Å². The van der Waals surface area contributed by atoms with E-state index < -0.39 is 79.9 Å². The summed E-state index contributed by atoms with van der Waals surface area (Å²) in [6.07, 6.45) is -10.8. The number of alkyl halides is 6. The molecule has 36 heavy (non-hydrogen) atoms. The van der Waals surface area contributed by atoms with Crippen LogP contribution in [0.25, 0.3) is 22.3 Å². The molecule has 1 aromatic rings. The molecule has 0 radical (unpaired) electrons. The van der Waals surface area contributed by atoms with Crippen LogP contribution in [-0.2, 0) is 9.47 Å². The van der Waals surface area contributed by atoms with Crippen LogP contribution in [-0.4, -0.2) is 12.7 Å². The van der Waals surface area contributed by atoms with Crippen LogP contribution >= 0.6 is 0 Å². The Labute approximate surface area is 196 Å². The van der Waals surface area contributed by atoms with Crippen LogP contribution in [0.1, 0.15) is 22.3 Å². The molecule has 0 fully saturated rings. The van der Waals surface area contributed by atoms with Crippen molar-refractivity contribution >= 4 is 22.3 Å². The number of hydrogen-bond acceptors (Lipinski definition) is 8. The molecule has 0 saturated carbocycles. The average Bonchev–Trinajstić information content (AvgIpc) is 3.23. The second kappa shape index (κ2) is 8.58. The molecule has 2 aliphatic carbocycles. The molecule has 0 spiro atoms. The normalized spacial score (nSPS) is 13.9. The molecular formula is C22H2F6N6O2. The van der Waals surface area contributed by atoms with E-state index in [0.29, 0.717) is 0 Å². The number of benzene rings is 1. The molecule has 0 aromatic heterocycles. The molecule has 8 nitrogen and oxygen atoms in total. The number of nitrogens with zero attached hydrogens (tertiary/aromatic N) is 6. The Hall–Kier alpha value is -5.70. The molecule has 0 unspecified atom stereocenters. The monoisotopic (exact) mass is 496 g/mol. The van der Waals surface area contributed by atoms with Crippen molar-refractivity contribution in [2.75, 3.05) is 0 Å². The number of allylic oxidation sites excluding steroid dienone is 6. The Morgan fingerprint density at radius 1 is 0.556 bits per heavy atom. The fourth-order valence-electron chi connectivity index (χ4n) is 3.59. The highest BCUT2D eigenvalue weighted by molar-refractivity contribution is 6.11. The van der Waals surface area contributed by atoms with Gasteiger partial charge in [-0.25, -0.2) is 0 Å². The van der Waals surface area contributed by atoms with Crippen LogP contribution in [0.3, 0.4) is 0 Å². The van der Waals surface area contributed by atoms with Crippen LogP contribution in [0.5, 0.6) is 0 Å². The predicted octanol–water partition coefficient (Wildman–Crippen LogP) is 4.86. The zero-order valence-electron chi connectivity index (χ0n) is 16.9. The van der Waals surface area contributed by atoms with Crippen molar-refractivity contribution in [3.05, 3.63) is 57.1 Å². The molecular weight excluding hydrogens is 494 g/mol. The van der Waals surface area contributed by atoms with E-state index in [2.05, 4.69) is 9.47 Å². The van der Waals surface area contributed by atoms with Crippen molar-refractivity contribution in [2.45, 2.75) is 12.7 Å². The minimum Gasteiger partial charge on any atom is -0.404 e. The summed E-state index contributed by atoms with van der Waals surface area (Å²) in [5, 5.41) is 56.2. The molecule has 0 N–H and O–H groups in total. The van der Waals surface area contributed by atoms with Gasteiger partial charge in [0.15, 0.2) is 11.5 Å². The fraction of sp³-hybridized carbons (Fsp3) is 0.0909. The fourth-order valence-corrected chi connectivity index (χ4v) is 3.59. The zero-order valence-corrected chi connectivity index (χ0v) is 16.9. The summed E-state index contributed by atoms with van der Waals surface area (Å²) in [4.78, 5) is 0. The molecule has 0 amide bonds. The summed E-state index contributed by atoms with van der Waals surface area (Å²) in [7, 11) is 0. The molecule has 14 heteroatoms. The summed E-state index contributed by atoms with van der Waals surface area (Å²) in [6.45, 7) is 0. The van der Waals surface area contributed by atoms with Crippen LogP contribution in [0.4, 0.5) is 26.3 Å². The van der Waals surface area contributed by atoms with Gasteiger partial charge >= 0.3 is 12.7 Å². The lowest BCUT2D eigenvalue weighted by molar-refractivity contribution is -0.303. The third kappa shape index (κ3) is 4.03. The second-order valence-corrected chi connectivity index (χ2v) is 6.62. The molecule has 0 aliphatic heterocycles. The van der Waals surface area contributed by atoms with Gasteiger partial charge in [0.1, 0.15) is 58.7 Å². The molecule has 2 aliphatic rings. The van der Waals surface area contributed by atoms with Gasteiger partial charge in [0, 0.05) is 11.1 Å². The van der Waals surface area contributed by atoms with Crippen molar-refractivity contribution < 1.29 is 35.8 Å². The SMILES string of the molecule is N#CC(C#N)=C1C(OC(F)(F)F)=C(C#N)c2cc3c(cc21)C(C#N)=C(OC(F)(F)F)C3=C(C#N)C#N. The Kier molecular flexibility index (Phi) is 5.94. The van der Waals surface area contributed by atoms with E-state index in [1.54, 1.807) is 0 Å². The van der Waals surface area contributed by atoms with Gasteiger partial charge in [-0.05, 0) is 23.3 Å². The summed E-state index contributed by atoms with van der Waals surface area (Å²) >= 11 is 0. The van der Waals surface area contributed by atoms with Crippen molar-refractivity contribution in [3.8, 4) is 36.4 Å². The number of hydrogen-bond donors (Lipinski definition) is 0. The van der Waals surface area contributed by atoms with Gasteiger partial charge in [-0.3, -0.25) is 0 Å². The lowest BCUT2D eigenvalue weighted by Crippen LogP contribution is -2.14. The Balaban J connectivity index is 2.52. The van der Waals surface area contributed by atoms with Crippen LogP contribution in [0.2, 0.25) is 0 Å². The van der Waals surface area contributed by atoms with Crippen molar-refractivity contribution in [1.82, 2.24) is 0 Å². The highest BCUT2D eigenvalue weighted by Gasteiger charge is 2.44. The molecule has 0 saturated heterocycles. The smallest absolute Gasteiger partial charge is 0.404 e. The van der Waals surface area contributed by atoms with Crippen LogP contribution in [0.15, 0.2) is 34.8 Å². The predicted molar refractivity (Wildman–Crippen MR) is 102 cm³/mol. The first kappa shape index (κ1) is 24.9. The minimum absolute atomic E-state index is 0.418. The van der Waals surface area contributed by atoms with E-state index in [1.165, 1.54) is 36.4 Å².